The smallest absolute Gasteiger partial charge is 0.182 e. The first kappa shape index (κ1) is 47.7. The third-order valence-corrected chi connectivity index (χ3v) is 13.8. The van der Waals surface area contributed by atoms with Crippen molar-refractivity contribution in [3.8, 4) is 34.4 Å². The summed E-state index contributed by atoms with van der Waals surface area (Å²) >= 11 is 0. The number of aromatic nitrogens is 7. The Morgan fingerprint density at radius 3 is 0.961 bits per heavy atom. The number of nitrogens with zero attached hydrogens (tertiary/aromatic N) is 8. The Bertz CT molecular complexity index is 3720. The molecule has 366 valence electrons. The molecule has 8 nitrogen and oxygen atoms in total. The van der Waals surface area contributed by atoms with Gasteiger partial charge < -0.3 is 4.90 Å². The molecule has 3 aromatic heterocycles. The van der Waals surface area contributed by atoms with Gasteiger partial charge in [0.25, 0.3) is 0 Å². The average molecular weight is 991 g/mol. The molecule has 1 unspecified atom stereocenters. The molecule has 3 heterocycles. The Hall–Kier alpha value is -10.3. The molecule has 0 aliphatic rings. The van der Waals surface area contributed by atoms with Crippen molar-refractivity contribution in [3.05, 3.63) is 336 Å². The fraction of sp³-hybridized carbons (Fsp3) is 0.0290. The minimum Gasteiger partial charge on any atom is -0.311 e. The molecule has 12 rings (SSSR count). The summed E-state index contributed by atoms with van der Waals surface area (Å²) in [5, 5.41) is 0. The highest BCUT2D eigenvalue weighted by molar-refractivity contribution is 6.04. The van der Waals surface area contributed by atoms with Gasteiger partial charge in [-0.1, -0.05) is 206 Å². The van der Waals surface area contributed by atoms with E-state index in [1.54, 1.807) is 24.5 Å². The minimum atomic E-state index is 0.0218. The second-order valence-electron chi connectivity index (χ2n) is 18.6. The third-order valence-electron chi connectivity index (χ3n) is 13.8. The summed E-state index contributed by atoms with van der Waals surface area (Å²) in [6.45, 7) is 0. The zero-order valence-corrected chi connectivity index (χ0v) is 41.9. The molecule has 8 heteroatoms. The van der Waals surface area contributed by atoms with Gasteiger partial charge in [-0.15, -0.1) is 0 Å². The quantitative estimate of drug-likeness (QED) is 0.0938. The number of benzene rings is 9. The summed E-state index contributed by atoms with van der Waals surface area (Å²) in [5.74, 6) is 1.40. The zero-order chi connectivity index (χ0) is 51.6. The lowest BCUT2D eigenvalue weighted by atomic mass is 9.74. The van der Waals surface area contributed by atoms with E-state index in [1.165, 1.54) is 34.9 Å². The normalized spacial score (nSPS) is 11.4. The fourth-order valence-electron chi connectivity index (χ4n) is 10.3. The van der Waals surface area contributed by atoms with Gasteiger partial charge in [0.2, 0.25) is 0 Å². The van der Waals surface area contributed by atoms with Crippen LogP contribution in [-0.2, 0) is 0 Å². The van der Waals surface area contributed by atoms with Crippen LogP contribution >= 0.6 is 0 Å². The molecule has 0 aliphatic heterocycles. The molecule has 0 saturated heterocycles. The average Bonchev–Trinajstić information content (AvgIpc) is 3.52. The molecule has 0 aliphatic carbocycles. The van der Waals surface area contributed by atoms with E-state index < -0.39 is 0 Å². The Labute approximate surface area is 448 Å². The Kier molecular flexibility index (Phi) is 13.9. The predicted molar refractivity (Wildman–Crippen MR) is 309 cm³/mol. The molecule has 0 saturated carbocycles. The van der Waals surface area contributed by atoms with Gasteiger partial charge in [0.15, 0.2) is 17.5 Å². The van der Waals surface area contributed by atoms with Gasteiger partial charge in [-0.3, -0.25) is 0 Å². The van der Waals surface area contributed by atoms with Crippen molar-refractivity contribution in [3.63, 3.8) is 0 Å². The lowest BCUT2D eigenvalue weighted by molar-refractivity contribution is 0.694. The SMILES string of the molecule is c1ccc(C(=C(c2ccccc2)c2ccc(N(c3ccc(-c4nc(-c5ccncn5)nc(-c5ccncn5)n4)cc3)c3ccc(C(c4ccccc4)C(c4ccccc4)c4ccccc4)cc3)cc2)c2ccccc2)cc1. The van der Waals surface area contributed by atoms with Crippen LogP contribution in [0.25, 0.3) is 45.6 Å². The zero-order valence-electron chi connectivity index (χ0n) is 41.9. The van der Waals surface area contributed by atoms with E-state index in [0.717, 1.165) is 56.0 Å². The number of hydrogen-bond acceptors (Lipinski definition) is 8. The van der Waals surface area contributed by atoms with E-state index in [4.69, 9.17) is 15.0 Å². The maximum absolute atomic E-state index is 4.93. The maximum Gasteiger partial charge on any atom is 0.182 e. The summed E-state index contributed by atoms with van der Waals surface area (Å²) in [7, 11) is 0. The molecule has 0 radical (unpaired) electrons. The van der Waals surface area contributed by atoms with Gasteiger partial charge in [0.05, 0.1) is 0 Å². The van der Waals surface area contributed by atoms with Crippen LogP contribution in [-0.4, -0.2) is 34.9 Å². The van der Waals surface area contributed by atoms with Gasteiger partial charge in [-0.2, -0.15) is 0 Å². The number of rotatable bonds is 15. The van der Waals surface area contributed by atoms with Crippen LogP contribution in [0.15, 0.2) is 292 Å². The second-order valence-corrected chi connectivity index (χ2v) is 18.6. The van der Waals surface area contributed by atoms with Crippen LogP contribution in [0.4, 0.5) is 17.1 Å². The summed E-state index contributed by atoms with van der Waals surface area (Å²) < 4.78 is 0. The van der Waals surface area contributed by atoms with Crippen LogP contribution in [0.5, 0.6) is 0 Å². The van der Waals surface area contributed by atoms with E-state index >= 15 is 0 Å². The Morgan fingerprint density at radius 2 is 0.597 bits per heavy atom. The molecular weight excluding hydrogens is 941 g/mol. The van der Waals surface area contributed by atoms with Crippen molar-refractivity contribution >= 4 is 28.2 Å². The summed E-state index contributed by atoms with van der Waals surface area (Å²) in [4.78, 5) is 34.1. The van der Waals surface area contributed by atoms with Crippen LogP contribution in [0.3, 0.4) is 0 Å². The Balaban J connectivity index is 0.996. The molecule has 77 heavy (non-hydrogen) atoms. The lowest BCUT2D eigenvalue weighted by Gasteiger charge is -2.30. The first-order valence-corrected chi connectivity index (χ1v) is 25.7. The monoisotopic (exact) mass is 990 g/mol. The summed E-state index contributed by atoms with van der Waals surface area (Å²) in [6.07, 6.45) is 6.33. The topological polar surface area (TPSA) is 93.5 Å². The largest absolute Gasteiger partial charge is 0.311 e. The number of hydrogen-bond donors (Lipinski definition) is 0. The highest BCUT2D eigenvalue weighted by atomic mass is 15.1. The standard InChI is InChI=1S/C69H50N8/c1-7-19-49(20-8-1)63(50-21-9-2-10-22-50)65(53-27-15-5-16-28-53)55-31-37-58(38-32-55)77(60-41-35-57(36-42-60)67-74-68(61-43-45-70-47-72-61)76-69(75-67)62-44-46-71-48-73-62)59-39-33-56(34-40-59)66(54-29-17-6-18-30-54)64(51-23-11-3-12-24-51)52-25-13-4-14-26-52/h1-48,63,65H. The molecular formula is C69H50N8. The predicted octanol–water partition coefficient (Wildman–Crippen LogP) is 15.9. The van der Waals surface area contributed by atoms with E-state index in [0.29, 0.717) is 28.9 Å². The second kappa shape index (κ2) is 22.4. The van der Waals surface area contributed by atoms with Crippen molar-refractivity contribution in [1.82, 2.24) is 34.9 Å². The molecule has 1 atom stereocenters. The molecule has 0 spiro atoms. The van der Waals surface area contributed by atoms with Crippen molar-refractivity contribution in [2.75, 3.05) is 4.90 Å². The van der Waals surface area contributed by atoms with Gasteiger partial charge in [0.1, 0.15) is 24.0 Å². The van der Waals surface area contributed by atoms with Crippen molar-refractivity contribution < 1.29 is 0 Å². The maximum atomic E-state index is 4.93. The van der Waals surface area contributed by atoms with Gasteiger partial charge in [-0.25, -0.2) is 34.9 Å². The molecule has 9 aromatic carbocycles. The van der Waals surface area contributed by atoms with Crippen LogP contribution < -0.4 is 4.90 Å². The summed E-state index contributed by atoms with van der Waals surface area (Å²) in [6, 6.07) is 94.8. The molecule has 12 aromatic rings. The first-order valence-electron chi connectivity index (χ1n) is 25.7. The lowest BCUT2D eigenvalue weighted by Crippen LogP contribution is -2.15. The molecule has 0 fully saturated rings. The van der Waals surface area contributed by atoms with Gasteiger partial charge in [-0.05, 0) is 116 Å². The van der Waals surface area contributed by atoms with E-state index in [9.17, 15) is 0 Å². The Morgan fingerprint density at radius 1 is 0.286 bits per heavy atom. The highest BCUT2D eigenvalue weighted by Gasteiger charge is 2.29. The number of anilines is 3. The van der Waals surface area contributed by atoms with Crippen LogP contribution in [0.2, 0.25) is 0 Å². The van der Waals surface area contributed by atoms with Crippen LogP contribution in [0.1, 0.15) is 56.3 Å². The van der Waals surface area contributed by atoms with E-state index in [2.05, 4.69) is 280 Å². The molecule has 0 bridgehead atoms. The first-order chi connectivity index (χ1) is 38.2. The molecule has 0 N–H and O–H groups in total. The van der Waals surface area contributed by atoms with Crippen LogP contribution in [0, 0.1) is 0 Å². The van der Waals surface area contributed by atoms with E-state index in [-0.39, 0.29) is 11.8 Å². The molecule has 0 amide bonds. The van der Waals surface area contributed by atoms with Crippen molar-refractivity contribution in [1.29, 1.82) is 0 Å². The van der Waals surface area contributed by atoms with Gasteiger partial charge in [0, 0.05) is 46.9 Å². The fourth-order valence-corrected chi connectivity index (χ4v) is 10.3. The van der Waals surface area contributed by atoms with E-state index in [1.807, 2.05) is 0 Å². The van der Waals surface area contributed by atoms with Crippen molar-refractivity contribution in [2.45, 2.75) is 11.8 Å². The third kappa shape index (κ3) is 10.4. The van der Waals surface area contributed by atoms with Crippen molar-refractivity contribution in [2.24, 2.45) is 0 Å². The summed E-state index contributed by atoms with van der Waals surface area (Å²) in [5.41, 5.74) is 16.7. The minimum absolute atomic E-state index is 0.0218. The highest BCUT2D eigenvalue weighted by Crippen LogP contribution is 2.45. The van der Waals surface area contributed by atoms with Gasteiger partial charge >= 0.3 is 0 Å².